The maximum Gasteiger partial charge on any atom is 0.129 e. The molecular weight excluding hydrogens is 200 g/mol. The van der Waals surface area contributed by atoms with Gasteiger partial charge in [0.25, 0.3) is 0 Å². The molecule has 1 saturated heterocycles. The lowest BCUT2D eigenvalue weighted by Crippen LogP contribution is -2.38. The SMILES string of the molecule is Cc1ccnc(N2CCCCCC2CO)c1. The van der Waals surface area contributed by atoms with Crippen molar-refractivity contribution in [3.05, 3.63) is 23.9 Å². The van der Waals surface area contributed by atoms with Crippen LogP contribution in [0, 0.1) is 6.92 Å². The fourth-order valence-electron chi connectivity index (χ4n) is 2.35. The van der Waals surface area contributed by atoms with E-state index in [1.165, 1.54) is 24.8 Å². The first-order chi connectivity index (χ1) is 7.81. The van der Waals surface area contributed by atoms with Crippen LogP contribution in [0.5, 0.6) is 0 Å². The van der Waals surface area contributed by atoms with E-state index in [2.05, 4.69) is 22.9 Å². The minimum atomic E-state index is 0.232. The highest BCUT2D eigenvalue weighted by Gasteiger charge is 2.21. The summed E-state index contributed by atoms with van der Waals surface area (Å²) in [5.74, 6) is 1.01. The van der Waals surface area contributed by atoms with E-state index in [4.69, 9.17) is 0 Å². The molecule has 1 aromatic rings. The number of anilines is 1. The zero-order valence-electron chi connectivity index (χ0n) is 9.89. The molecule has 0 radical (unpaired) electrons. The molecule has 0 amide bonds. The molecule has 1 fully saturated rings. The van der Waals surface area contributed by atoms with Crippen molar-refractivity contribution in [2.24, 2.45) is 0 Å². The van der Waals surface area contributed by atoms with Crippen LogP contribution < -0.4 is 4.90 Å². The molecule has 0 bridgehead atoms. The maximum absolute atomic E-state index is 9.45. The molecule has 3 heteroatoms. The Morgan fingerprint density at radius 1 is 1.44 bits per heavy atom. The van der Waals surface area contributed by atoms with Crippen molar-refractivity contribution in [3.63, 3.8) is 0 Å². The fourth-order valence-corrected chi connectivity index (χ4v) is 2.35. The molecule has 1 aliphatic rings. The van der Waals surface area contributed by atoms with E-state index < -0.39 is 0 Å². The van der Waals surface area contributed by atoms with Gasteiger partial charge in [-0.3, -0.25) is 0 Å². The van der Waals surface area contributed by atoms with E-state index in [-0.39, 0.29) is 12.6 Å². The van der Waals surface area contributed by atoms with Crippen LogP contribution in [0.15, 0.2) is 18.3 Å². The predicted molar refractivity (Wildman–Crippen MR) is 65.7 cm³/mol. The smallest absolute Gasteiger partial charge is 0.129 e. The first kappa shape index (κ1) is 11.4. The third kappa shape index (κ3) is 2.53. The highest BCUT2D eigenvalue weighted by Crippen LogP contribution is 2.22. The van der Waals surface area contributed by atoms with Crippen LogP contribution in [0.1, 0.15) is 31.2 Å². The predicted octanol–water partition coefficient (Wildman–Crippen LogP) is 2.13. The summed E-state index contributed by atoms with van der Waals surface area (Å²) in [6, 6.07) is 4.36. The summed E-state index contributed by atoms with van der Waals surface area (Å²) in [4.78, 5) is 6.68. The average molecular weight is 220 g/mol. The number of hydrogen-bond acceptors (Lipinski definition) is 3. The summed E-state index contributed by atoms with van der Waals surface area (Å²) in [6.07, 6.45) is 6.61. The lowest BCUT2D eigenvalue weighted by atomic mass is 10.1. The van der Waals surface area contributed by atoms with Gasteiger partial charge >= 0.3 is 0 Å². The fraction of sp³-hybridized carbons (Fsp3) is 0.615. The van der Waals surface area contributed by atoms with E-state index in [1.807, 2.05) is 12.3 Å². The molecule has 1 atom stereocenters. The van der Waals surface area contributed by atoms with Crippen LogP contribution in [0.4, 0.5) is 5.82 Å². The van der Waals surface area contributed by atoms with Crippen molar-refractivity contribution in [2.75, 3.05) is 18.1 Å². The molecule has 3 nitrogen and oxygen atoms in total. The summed E-state index contributed by atoms with van der Waals surface area (Å²) in [7, 11) is 0. The molecule has 1 aliphatic heterocycles. The van der Waals surface area contributed by atoms with Crippen LogP contribution in [0.3, 0.4) is 0 Å². The summed E-state index contributed by atoms with van der Waals surface area (Å²) in [5.41, 5.74) is 1.23. The number of aryl methyl sites for hydroxylation is 1. The molecule has 2 heterocycles. The molecule has 0 spiro atoms. The van der Waals surface area contributed by atoms with Crippen LogP contribution in [-0.2, 0) is 0 Å². The summed E-state index contributed by atoms with van der Waals surface area (Å²) in [6.45, 7) is 3.33. The van der Waals surface area contributed by atoms with Gasteiger partial charge < -0.3 is 10.0 Å². The second-order valence-electron chi connectivity index (χ2n) is 4.57. The Kier molecular flexibility index (Phi) is 3.78. The first-order valence-electron chi connectivity index (χ1n) is 6.11. The Labute approximate surface area is 97.1 Å². The first-order valence-corrected chi connectivity index (χ1v) is 6.11. The van der Waals surface area contributed by atoms with Gasteiger partial charge in [-0.05, 0) is 37.5 Å². The average Bonchev–Trinajstić information content (AvgIpc) is 2.53. The van der Waals surface area contributed by atoms with Crippen molar-refractivity contribution < 1.29 is 5.11 Å². The molecule has 0 aromatic carbocycles. The molecule has 0 saturated carbocycles. The Bertz CT molecular complexity index is 340. The molecule has 0 aliphatic carbocycles. The van der Waals surface area contributed by atoms with Crippen LogP contribution in [-0.4, -0.2) is 29.3 Å². The zero-order chi connectivity index (χ0) is 11.4. The van der Waals surface area contributed by atoms with Gasteiger partial charge in [-0.25, -0.2) is 4.98 Å². The number of aliphatic hydroxyl groups is 1. The van der Waals surface area contributed by atoms with E-state index >= 15 is 0 Å². The van der Waals surface area contributed by atoms with Gasteiger partial charge in [0.1, 0.15) is 5.82 Å². The van der Waals surface area contributed by atoms with E-state index in [9.17, 15) is 5.11 Å². The lowest BCUT2D eigenvalue weighted by Gasteiger charge is -2.29. The molecule has 2 rings (SSSR count). The van der Waals surface area contributed by atoms with Crippen LogP contribution in [0.25, 0.3) is 0 Å². The number of rotatable bonds is 2. The number of nitrogens with zero attached hydrogens (tertiary/aromatic N) is 2. The second-order valence-corrected chi connectivity index (χ2v) is 4.57. The quantitative estimate of drug-likeness (QED) is 0.829. The van der Waals surface area contributed by atoms with Gasteiger partial charge in [-0.15, -0.1) is 0 Å². The second kappa shape index (κ2) is 5.30. The standard InChI is InChI=1S/C13H20N2O/c1-11-6-7-14-13(9-11)15-8-4-2-3-5-12(15)10-16/h6-7,9,12,16H,2-5,8,10H2,1H3. The van der Waals surface area contributed by atoms with Gasteiger partial charge in [-0.2, -0.15) is 0 Å². The Balaban J connectivity index is 2.21. The number of aliphatic hydroxyl groups excluding tert-OH is 1. The van der Waals surface area contributed by atoms with Crippen molar-refractivity contribution >= 4 is 5.82 Å². The monoisotopic (exact) mass is 220 g/mol. The normalized spacial score (nSPS) is 21.9. The Morgan fingerprint density at radius 3 is 3.06 bits per heavy atom. The van der Waals surface area contributed by atoms with Gasteiger partial charge in [0.05, 0.1) is 12.6 Å². The highest BCUT2D eigenvalue weighted by molar-refractivity contribution is 5.42. The van der Waals surface area contributed by atoms with E-state index in [1.54, 1.807) is 0 Å². The maximum atomic E-state index is 9.45. The van der Waals surface area contributed by atoms with Gasteiger partial charge in [-0.1, -0.05) is 12.8 Å². The lowest BCUT2D eigenvalue weighted by molar-refractivity contribution is 0.254. The topological polar surface area (TPSA) is 36.4 Å². The summed E-state index contributed by atoms with van der Waals surface area (Å²) in [5, 5.41) is 9.45. The molecule has 16 heavy (non-hydrogen) atoms. The number of aromatic nitrogens is 1. The van der Waals surface area contributed by atoms with Crippen LogP contribution >= 0.6 is 0 Å². The molecular formula is C13H20N2O. The van der Waals surface area contributed by atoms with Crippen molar-refractivity contribution in [1.82, 2.24) is 4.98 Å². The largest absolute Gasteiger partial charge is 0.394 e. The Hall–Kier alpha value is -1.09. The minimum absolute atomic E-state index is 0.232. The van der Waals surface area contributed by atoms with Crippen LogP contribution in [0.2, 0.25) is 0 Å². The number of hydrogen-bond donors (Lipinski definition) is 1. The zero-order valence-corrected chi connectivity index (χ0v) is 9.89. The Morgan fingerprint density at radius 2 is 2.31 bits per heavy atom. The van der Waals surface area contributed by atoms with Crippen molar-refractivity contribution in [3.8, 4) is 0 Å². The van der Waals surface area contributed by atoms with E-state index in [0.717, 1.165) is 18.8 Å². The number of pyridine rings is 1. The van der Waals surface area contributed by atoms with Gasteiger partial charge in [0.2, 0.25) is 0 Å². The summed E-state index contributed by atoms with van der Waals surface area (Å²) >= 11 is 0. The molecule has 1 unspecified atom stereocenters. The highest BCUT2D eigenvalue weighted by atomic mass is 16.3. The van der Waals surface area contributed by atoms with Gasteiger partial charge in [0, 0.05) is 12.7 Å². The molecule has 1 N–H and O–H groups in total. The van der Waals surface area contributed by atoms with E-state index in [0.29, 0.717) is 0 Å². The molecule has 88 valence electrons. The third-order valence-corrected chi connectivity index (χ3v) is 3.28. The minimum Gasteiger partial charge on any atom is -0.394 e. The van der Waals surface area contributed by atoms with Gasteiger partial charge in [0.15, 0.2) is 0 Å². The van der Waals surface area contributed by atoms with Crippen molar-refractivity contribution in [2.45, 2.75) is 38.6 Å². The van der Waals surface area contributed by atoms with Crippen molar-refractivity contribution in [1.29, 1.82) is 0 Å². The summed E-state index contributed by atoms with van der Waals surface area (Å²) < 4.78 is 0. The third-order valence-electron chi connectivity index (χ3n) is 3.28. The molecule has 1 aromatic heterocycles.